The zero-order chi connectivity index (χ0) is 21.6. The molecule has 0 spiro atoms. The second kappa shape index (κ2) is 7.52. The lowest BCUT2D eigenvalue weighted by Crippen LogP contribution is -2.36. The highest BCUT2D eigenvalue weighted by molar-refractivity contribution is 7.22. The van der Waals surface area contributed by atoms with Gasteiger partial charge in [0.05, 0.1) is 45.9 Å². The van der Waals surface area contributed by atoms with Crippen LogP contribution in [-0.2, 0) is 10.5 Å². The first-order valence-electron chi connectivity index (χ1n) is 9.88. The minimum absolute atomic E-state index is 0.207. The highest BCUT2D eigenvalue weighted by Gasteiger charge is 2.22. The maximum Gasteiger partial charge on any atom is 0.219 e. The van der Waals surface area contributed by atoms with Crippen molar-refractivity contribution in [2.24, 2.45) is 0 Å². The summed E-state index contributed by atoms with van der Waals surface area (Å²) in [6, 6.07) is 2.00. The van der Waals surface area contributed by atoms with Crippen LogP contribution in [-0.4, -0.2) is 60.9 Å². The molecule has 160 valence electrons. The van der Waals surface area contributed by atoms with Gasteiger partial charge in [-0.3, -0.25) is 0 Å². The Bertz CT molecular complexity index is 1220. The van der Waals surface area contributed by atoms with E-state index in [-0.39, 0.29) is 5.95 Å². The van der Waals surface area contributed by atoms with E-state index in [0.717, 1.165) is 39.7 Å². The molecular formula is C20H22N8O2S. The highest BCUT2D eigenvalue weighted by atomic mass is 32.1. The maximum absolute atomic E-state index is 10.3. The number of hydrogen-bond acceptors (Lipinski definition) is 10. The molecule has 11 heteroatoms. The van der Waals surface area contributed by atoms with Gasteiger partial charge in [0.25, 0.3) is 0 Å². The third kappa shape index (κ3) is 3.82. The average molecular weight is 439 g/mol. The van der Waals surface area contributed by atoms with E-state index in [0.29, 0.717) is 24.6 Å². The summed E-state index contributed by atoms with van der Waals surface area (Å²) in [5.41, 5.74) is 6.90. The molecule has 0 radical (unpaired) electrons. The predicted molar refractivity (Wildman–Crippen MR) is 119 cm³/mol. The Morgan fingerprint density at radius 2 is 1.87 bits per heavy atom. The fourth-order valence-corrected chi connectivity index (χ4v) is 4.44. The van der Waals surface area contributed by atoms with E-state index in [1.54, 1.807) is 48.5 Å². The van der Waals surface area contributed by atoms with Crippen molar-refractivity contribution in [1.29, 1.82) is 0 Å². The summed E-state index contributed by atoms with van der Waals surface area (Å²) < 4.78 is 8.18. The molecule has 0 aliphatic carbocycles. The SMILES string of the molecule is CC(C)(O)n1cnc(-c2cc3nc(-c4cnc(N)nc4)nc(N4CCOCC4)c3s2)c1. The first kappa shape index (κ1) is 19.8. The van der Waals surface area contributed by atoms with Gasteiger partial charge in [0, 0.05) is 31.7 Å². The van der Waals surface area contributed by atoms with Crippen molar-refractivity contribution >= 4 is 33.3 Å². The third-order valence-corrected chi connectivity index (χ3v) is 6.20. The van der Waals surface area contributed by atoms with Gasteiger partial charge in [-0.1, -0.05) is 0 Å². The number of hydrogen-bond donors (Lipinski definition) is 2. The maximum atomic E-state index is 10.3. The van der Waals surface area contributed by atoms with E-state index >= 15 is 0 Å². The fourth-order valence-electron chi connectivity index (χ4n) is 3.36. The van der Waals surface area contributed by atoms with Crippen molar-refractivity contribution in [1.82, 2.24) is 29.5 Å². The molecule has 0 amide bonds. The zero-order valence-electron chi connectivity index (χ0n) is 17.2. The summed E-state index contributed by atoms with van der Waals surface area (Å²) in [5.74, 6) is 1.61. The quantitative estimate of drug-likeness (QED) is 0.492. The summed E-state index contributed by atoms with van der Waals surface area (Å²) in [7, 11) is 0. The van der Waals surface area contributed by atoms with Gasteiger partial charge in [0.2, 0.25) is 5.95 Å². The van der Waals surface area contributed by atoms with Crippen molar-refractivity contribution in [3.8, 4) is 22.0 Å². The van der Waals surface area contributed by atoms with Gasteiger partial charge in [-0.2, -0.15) is 0 Å². The van der Waals surface area contributed by atoms with Crippen molar-refractivity contribution in [3.63, 3.8) is 0 Å². The molecule has 3 N–H and O–H groups in total. The summed E-state index contributed by atoms with van der Waals surface area (Å²) in [6.07, 6.45) is 6.72. The van der Waals surface area contributed by atoms with Crippen molar-refractivity contribution in [3.05, 3.63) is 31.0 Å². The molecule has 5 rings (SSSR count). The smallest absolute Gasteiger partial charge is 0.219 e. The van der Waals surface area contributed by atoms with Crippen LogP contribution in [0, 0.1) is 0 Å². The third-order valence-electron chi connectivity index (χ3n) is 5.06. The highest BCUT2D eigenvalue weighted by Crippen LogP contribution is 2.38. The van der Waals surface area contributed by atoms with Gasteiger partial charge in [0.15, 0.2) is 11.6 Å². The second-order valence-electron chi connectivity index (χ2n) is 7.79. The van der Waals surface area contributed by atoms with E-state index in [9.17, 15) is 5.11 Å². The minimum atomic E-state index is -1.02. The molecule has 0 atom stereocenters. The molecule has 1 fully saturated rings. The molecular weight excluding hydrogens is 416 g/mol. The molecule has 0 saturated carbocycles. The first-order chi connectivity index (χ1) is 14.9. The van der Waals surface area contributed by atoms with Crippen LogP contribution in [0.4, 0.5) is 11.8 Å². The van der Waals surface area contributed by atoms with Crippen LogP contribution in [0.1, 0.15) is 13.8 Å². The number of aliphatic hydroxyl groups is 1. The molecule has 4 aromatic heterocycles. The van der Waals surface area contributed by atoms with Crippen molar-refractivity contribution in [2.75, 3.05) is 36.9 Å². The number of aromatic nitrogens is 6. The number of nitrogens with zero attached hydrogens (tertiary/aromatic N) is 7. The van der Waals surface area contributed by atoms with Gasteiger partial charge in [-0.05, 0) is 19.9 Å². The topological polar surface area (TPSA) is 128 Å². The number of nitrogens with two attached hydrogens (primary N) is 1. The van der Waals surface area contributed by atoms with Crippen LogP contribution in [0.3, 0.4) is 0 Å². The number of morpholine rings is 1. The predicted octanol–water partition coefficient (Wildman–Crippen LogP) is 2.12. The summed E-state index contributed by atoms with van der Waals surface area (Å²) >= 11 is 1.58. The van der Waals surface area contributed by atoms with Gasteiger partial charge in [-0.15, -0.1) is 11.3 Å². The van der Waals surface area contributed by atoms with Gasteiger partial charge in [0.1, 0.15) is 5.72 Å². The lowest BCUT2D eigenvalue weighted by molar-refractivity contribution is 0.00169. The Balaban J connectivity index is 1.64. The van der Waals surface area contributed by atoms with Crippen LogP contribution in [0.5, 0.6) is 0 Å². The molecule has 5 heterocycles. The van der Waals surface area contributed by atoms with E-state index in [1.165, 1.54) is 0 Å². The molecule has 1 aliphatic heterocycles. The molecule has 0 aromatic carbocycles. The van der Waals surface area contributed by atoms with Crippen LogP contribution in [0.2, 0.25) is 0 Å². The fraction of sp³-hybridized carbons (Fsp3) is 0.350. The summed E-state index contributed by atoms with van der Waals surface area (Å²) in [4.78, 5) is 25.4. The summed E-state index contributed by atoms with van der Waals surface area (Å²) in [5, 5.41) is 10.3. The minimum Gasteiger partial charge on any atom is -0.378 e. The number of ether oxygens (including phenoxy) is 1. The lowest BCUT2D eigenvalue weighted by Gasteiger charge is -2.28. The molecule has 10 nitrogen and oxygen atoms in total. The summed E-state index contributed by atoms with van der Waals surface area (Å²) in [6.45, 7) is 6.24. The van der Waals surface area contributed by atoms with Crippen LogP contribution < -0.4 is 10.6 Å². The van der Waals surface area contributed by atoms with E-state index < -0.39 is 5.72 Å². The molecule has 4 aromatic rings. The van der Waals surface area contributed by atoms with Crippen molar-refractivity contribution < 1.29 is 9.84 Å². The monoisotopic (exact) mass is 438 g/mol. The van der Waals surface area contributed by atoms with Gasteiger partial charge in [-0.25, -0.2) is 24.9 Å². The lowest BCUT2D eigenvalue weighted by atomic mass is 10.2. The number of imidazole rings is 1. The largest absolute Gasteiger partial charge is 0.378 e. The number of nitrogen functional groups attached to an aromatic ring is 1. The van der Waals surface area contributed by atoms with Gasteiger partial charge < -0.3 is 25.0 Å². The molecule has 31 heavy (non-hydrogen) atoms. The Morgan fingerprint density at radius 1 is 1.13 bits per heavy atom. The van der Waals surface area contributed by atoms with Crippen molar-refractivity contribution in [2.45, 2.75) is 19.6 Å². The van der Waals surface area contributed by atoms with Gasteiger partial charge >= 0.3 is 0 Å². The molecule has 1 aliphatic rings. The second-order valence-corrected chi connectivity index (χ2v) is 8.84. The number of fused-ring (bicyclic) bond motifs is 1. The first-order valence-corrected chi connectivity index (χ1v) is 10.7. The number of thiophene rings is 1. The van der Waals surface area contributed by atoms with E-state index in [1.807, 2.05) is 12.3 Å². The molecule has 0 unspecified atom stereocenters. The standard InChI is InChI=1S/C20H22N8O2S/c1-20(2,29)28-10-14(24-11-28)15-7-13-16(31-15)18(27-3-5-30-6-4-27)26-17(25-13)12-8-22-19(21)23-9-12/h7-11,29H,3-6H2,1-2H3,(H2,21,22,23). The normalized spacial score (nSPS) is 15.0. The number of anilines is 2. The molecule has 0 bridgehead atoms. The Morgan fingerprint density at radius 3 is 2.55 bits per heavy atom. The Kier molecular flexibility index (Phi) is 4.80. The molecule has 1 saturated heterocycles. The van der Waals surface area contributed by atoms with Crippen LogP contribution >= 0.6 is 11.3 Å². The Labute approximate surface area is 182 Å². The van der Waals surface area contributed by atoms with E-state index in [2.05, 4.69) is 19.9 Å². The number of rotatable bonds is 4. The van der Waals surface area contributed by atoms with E-state index in [4.69, 9.17) is 20.4 Å². The average Bonchev–Trinajstić information content (AvgIpc) is 3.41. The Hall–Kier alpha value is -3.15. The van der Waals surface area contributed by atoms with Crippen LogP contribution in [0.25, 0.3) is 32.2 Å². The zero-order valence-corrected chi connectivity index (χ0v) is 18.0. The van der Waals surface area contributed by atoms with Crippen LogP contribution in [0.15, 0.2) is 31.0 Å².